The third-order valence-corrected chi connectivity index (χ3v) is 4.12. The molecule has 1 aromatic heterocycles. The van der Waals surface area contributed by atoms with Crippen LogP contribution in [-0.2, 0) is 11.2 Å². The maximum Gasteiger partial charge on any atom is 0.224 e. The molecule has 2 unspecified atom stereocenters. The molecule has 0 radical (unpaired) electrons. The number of aryl methyl sites for hydroxylation is 1. The average Bonchev–Trinajstić information content (AvgIpc) is 3.00. The van der Waals surface area contributed by atoms with Crippen LogP contribution in [0, 0.1) is 5.92 Å². The van der Waals surface area contributed by atoms with E-state index in [1.54, 1.807) is 11.3 Å². The van der Waals surface area contributed by atoms with Crippen LogP contribution in [0.1, 0.15) is 37.0 Å². The van der Waals surface area contributed by atoms with Gasteiger partial charge < -0.3 is 10.6 Å². The molecule has 1 aliphatic heterocycles. The normalized spacial score (nSPS) is 19.2. The van der Waals surface area contributed by atoms with Crippen molar-refractivity contribution < 1.29 is 4.79 Å². The molecule has 1 amide bonds. The second-order valence-corrected chi connectivity index (χ2v) is 5.38. The molecular formula is C12H21Cl2N3OS. The van der Waals surface area contributed by atoms with Crippen molar-refractivity contribution in [2.45, 2.75) is 32.7 Å². The minimum Gasteiger partial charge on any atom is -0.348 e. The number of carbonyl (C=O) groups excluding carboxylic acids is 1. The second kappa shape index (κ2) is 8.74. The number of rotatable bonds is 4. The summed E-state index contributed by atoms with van der Waals surface area (Å²) in [7, 11) is 0. The molecule has 7 heteroatoms. The molecule has 0 aromatic carbocycles. The molecule has 2 N–H and O–H groups in total. The van der Waals surface area contributed by atoms with Crippen molar-refractivity contribution in [1.82, 2.24) is 15.6 Å². The molecule has 0 spiro atoms. The maximum absolute atomic E-state index is 11.9. The number of nitrogens with zero attached hydrogens (tertiary/aromatic N) is 1. The summed E-state index contributed by atoms with van der Waals surface area (Å²) >= 11 is 1.66. The lowest BCUT2D eigenvalue weighted by Gasteiger charge is -2.14. The van der Waals surface area contributed by atoms with E-state index < -0.39 is 0 Å². The van der Waals surface area contributed by atoms with E-state index in [0.717, 1.165) is 36.6 Å². The Balaban J connectivity index is 0.00000162. The smallest absolute Gasteiger partial charge is 0.224 e. The van der Waals surface area contributed by atoms with Crippen molar-refractivity contribution in [2.75, 3.05) is 13.1 Å². The zero-order valence-electron chi connectivity index (χ0n) is 11.1. The Hall–Kier alpha value is -0.360. The summed E-state index contributed by atoms with van der Waals surface area (Å²) in [5.74, 6) is 0.273. The van der Waals surface area contributed by atoms with Crippen molar-refractivity contribution in [3.8, 4) is 0 Å². The lowest BCUT2D eigenvalue weighted by atomic mass is 10.1. The van der Waals surface area contributed by atoms with Gasteiger partial charge in [0.2, 0.25) is 5.91 Å². The first-order valence-corrected chi connectivity index (χ1v) is 7.04. The van der Waals surface area contributed by atoms with Gasteiger partial charge in [-0.3, -0.25) is 4.79 Å². The summed E-state index contributed by atoms with van der Waals surface area (Å²) in [6, 6.07) is 0.0136. The van der Waals surface area contributed by atoms with Gasteiger partial charge in [-0.25, -0.2) is 4.98 Å². The van der Waals surface area contributed by atoms with Gasteiger partial charge in [-0.15, -0.1) is 36.2 Å². The molecule has 0 bridgehead atoms. The van der Waals surface area contributed by atoms with Crippen LogP contribution in [0.15, 0.2) is 5.38 Å². The first-order chi connectivity index (χ1) is 8.20. The summed E-state index contributed by atoms with van der Waals surface area (Å²) in [6.45, 7) is 5.84. The number of thiazole rings is 1. The standard InChI is InChI=1S/C12H19N3OS.2ClH/c1-3-11-15-10(7-17-11)8(2)14-12(16)9-4-5-13-6-9;;/h7-9,13H,3-6H2,1-2H3,(H,14,16);2*1H. The van der Waals surface area contributed by atoms with E-state index in [-0.39, 0.29) is 42.7 Å². The third-order valence-electron chi connectivity index (χ3n) is 3.11. The van der Waals surface area contributed by atoms with Crippen molar-refractivity contribution in [1.29, 1.82) is 0 Å². The zero-order chi connectivity index (χ0) is 12.3. The fourth-order valence-electron chi connectivity index (χ4n) is 1.97. The number of nitrogens with one attached hydrogen (secondary N) is 2. The van der Waals surface area contributed by atoms with E-state index in [0.29, 0.717) is 0 Å². The number of halogens is 2. The van der Waals surface area contributed by atoms with Gasteiger partial charge in [-0.05, 0) is 26.3 Å². The van der Waals surface area contributed by atoms with Crippen molar-refractivity contribution in [3.63, 3.8) is 0 Å². The highest BCUT2D eigenvalue weighted by Crippen LogP contribution is 2.18. The lowest BCUT2D eigenvalue weighted by molar-refractivity contribution is -0.125. The molecule has 0 aliphatic carbocycles. The molecule has 1 aromatic rings. The van der Waals surface area contributed by atoms with Gasteiger partial charge in [-0.2, -0.15) is 0 Å². The number of amides is 1. The molecule has 110 valence electrons. The van der Waals surface area contributed by atoms with Crippen molar-refractivity contribution in [2.24, 2.45) is 5.92 Å². The van der Waals surface area contributed by atoms with Gasteiger partial charge in [0.15, 0.2) is 0 Å². The Labute approximate surface area is 130 Å². The molecule has 1 saturated heterocycles. The van der Waals surface area contributed by atoms with Gasteiger partial charge in [-0.1, -0.05) is 6.92 Å². The van der Waals surface area contributed by atoms with E-state index in [9.17, 15) is 4.79 Å². The van der Waals surface area contributed by atoms with E-state index in [1.165, 1.54) is 0 Å². The summed E-state index contributed by atoms with van der Waals surface area (Å²) < 4.78 is 0. The van der Waals surface area contributed by atoms with Crippen LogP contribution in [0.25, 0.3) is 0 Å². The van der Waals surface area contributed by atoms with E-state index in [1.807, 2.05) is 12.3 Å². The number of hydrogen-bond acceptors (Lipinski definition) is 4. The molecule has 19 heavy (non-hydrogen) atoms. The van der Waals surface area contributed by atoms with Gasteiger partial charge in [0.1, 0.15) is 0 Å². The van der Waals surface area contributed by atoms with E-state index in [2.05, 4.69) is 22.5 Å². The van der Waals surface area contributed by atoms with Crippen LogP contribution in [0.3, 0.4) is 0 Å². The highest BCUT2D eigenvalue weighted by molar-refractivity contribution is 7.09. The Bertz CT molecular complexity index is 394. The molecule has 1 aliphatic rings. The minimum absolute atomic E-state index is 0. The third kappa shape index (κ3) is 4.91. The lowest BCUT2D eigenvalue weighted by Crippen LogP contribution is -2.33. The molecule has 2 heterocycles. The molecule has 4 nitrogen and oxygen atoms in total. The highest BCUT2D eigenvalue weighted by atomic mass is 35.5. The van der Waals surface area contributed by atoms with Crippen LogP contribution in [0.4, 0.5) is 0 Å². The summed E-state index contributed by atoms with van der Waals surface area (Å²) in [4.78, 5) is 16.4. The second-order valence-electron chi connectivity index (χ2n) is 4.44. The number of aromatic nitrogens is 1. The van der Waals surface area contributed by atoms with Gasteiger partial charge in [0, 0.05) is 11.9 Å². The molecule has 0 saturated carbocycles. The number of hydrogen-bond donors (Lipinski definition) is 2. The predicted molar refractivity (Wildman–Crippen MR) is 83.5 cm³/mol. The summed E-state index contributed by atoms with van der Waals surface area (Å²) in [5.41, 5.74) is 0.978. The minimum atomic E-state index is 0. The topological polar surface area (TPSA) is 54.0 Å². The first kappa shape index (κ1) is 18.6. The SMILES string of the molecule is CCc1nc(C(C)NC(=O)C2CCNC2)cs1.Cl.Cl. The van der Waals surface area contributed by atoms with Gasteiger partial charge in [0.25, 0.3) is 0 Å². The molecule has 2 rings (SSSR count). The van der Waals surface area contributed by atoms with Gasteiger partial charge >= 0.3 is 0 Å². The van der Waals surface area contributed by atoms with Crippen molar-refractivity contribution >= 4 is 42.1 Å². The molecule has 2 atom stereocenters. The van der Waals surface area contributed by atoms with Crippen LogP contribution < -0.4 is 10.6 Å². The van der Waals surface area contributed by atoms with Crippen LogP contribution in [-0.4, -0.2) is 24.0 Å². The Kier molecular flexibility index (Phi) is 8.57. The highest BCUT2D eigenvalue weighted by Gasteiger charge is 2.24. The predicted octanol–water partition coefficient (Wildman–Crippen LogP) is 2.34. The zero-order valence-corrected chi connectivity index (χ0v) is 13.6. The first-order valence-electron chi connectivity index (χ1n) is 6.16. The average molecular weight is 326 g/mol. The van der Waals surface area contributed by atoms with E-state index >= 15 is 0 Å². The number of carbonyl (C=O) groups is 1. The van der Waals surface area contributed by atoms with E-state index in [4.69, 9.17) is 0 Å². The quantitative estimate of drug-likeness (QED) is 0.893. The Morgan fingerprint density at radius 1 is 1.63 bits per heavy atom. The molecule has 1 fully saturated rings. The monoisotopic (exact) mass is 325 g/mol. The Morgan fingerprint density at radius 2 is 2.37 bits per heavy atom. The van der Waals surface area contributed by atoms with Crippen LogP contribution >= 0.6 is 36.2 Å². The van der Waals surface area contributed by atoms with Crippen LogP contribution in [0.2, 0.25) is 0 Å². The molecular weight excluding hydrogens is 305 g/mol. The summed E-state index contributed by atoms with van der Waals surface area (Å²) in [6.07, 6.45) is 1.90. The maximum atomic E-state index is 11.9. The largest absolute Gasteiger partial charge is 0.348 e. The Morgan fingerprint density at radius 3 is 2.89 bits per heavy atom. The fraction of sp³-hybridized carbons (Fsp3) is 0.667. The van der Waals surface area contributed by atoms with Gasteiger partial charge in [0.05, 0.1) is 22.7 Å². The van der Waals surface area contributed by atoms with Crippen molar-refractivity contribution in [3.05, 3.63) is 16.1 Å². The fourth-order valence-corrected chi connectivity index (χ4v) is 2.81. The summed E-state index contributed by atoms with van der Waals surface area (Å²) in [5, 5.41) is 9.41. The van der Waals surface area contributed by atoms with Crippen LogP contribution in [0.5, 0.6) is 0 Å².